The van der Waals surface area contributed by atoms with Crippen LogP contribution in [0.4, 0.5) is 5.69 Å². The van der Waals surface area contributed by atoms with E-state index in [9.17, 15) is 4.79 Å². The van der Waals surface area contributed by atoms with Gasteiger partial charge in [-0.05, 0) is 32.9 Å². The van der Waals surface area contributed by atoms with Crippen LogP contribution in [0, 0.1) is 6.92 Å². The summed E-state index contributed by atoms with van der Waals surface area (Å²) in [7, 11) is 0. The van der Waals surface area contributed by atoms with Crippen molar-refractivity contribution in [1.82, 2.24) is 14.9 Å². The second-order valence-corrected chi connectivity index (χ2v) is 5.59. The summed E-state index contributed by atoms with van der Waals surface area (Å²) in [5.74, 6) is -0.0336. The van der Waals surface area contributed by atoms with Gasteiger partial charge >= 0.3 is 0 Å². The highest BCUT2D eigenvalue weighted by Crippen LogP contribution is 2.14. The molecule has 5 nitrogen and oxygen atoms in total. The molecule has 1 amide bonds. The number of nitrogens with one attached hydrogen (secondary N) is 1. The van der Waals surface area contributed by atoms with Crippen LogP contribution in [-0.2, 0) is 6.54 Å². The first kappa shape index (κ1) is 15.4. The van der Waals surface area contributed by atoms with Gasteiger partial charge in [0, 0.05) is 36.0 Å². The maximum absolute atomic E-state index is 12.3. The average Bonchev–Trinajstić information content (AvgIpc) is 2.92. The van der Waals surface area contributed by atoms with Gasteiger partial charge < -0.3 is 10.2 Å². The van der Waals surface area contributed by atoms with E-state index >= 15 is 0 Å². The van der Waals surface area contributed by atoms with E-state index in [4.69, 9.17) is 0 Å². The van der Waals surface area contributed by atoms with Crippen molar-refractivity contribution in [2.45, 2.75) is 27.3 Å². The quantitative estimate of drug-likeness (QED) is 0.891. The summed E-state index contributed by atoms with van der Waals surface area (Å²) < 4.78 is 0. The van der Waals surface area contributed by atoms with Gasteiger partial charge in [-0.1, -0.05) is 0 Å². The Morgan fingerprint density at radius 1 is 1.38 bits per heavy atom. The van der Waals surface area contributed by atoms with Crippen LogP contribution in [0.3, 0.4) is 0 Å². The minimum Gasteiger partial charge on any atom is -0.378 e. The molecule has 2 heterocycles. The fourth-order valence-electron chi connectivity index (χ4n) is 1.99. The molecular formula is C15H20N4OS. The molecule has 6 heteroatoms. The number of nitrogens with zero attached hydrogens (tertiary/aromatic N) is 3. The fraction of sp³-hybridized carbons (Fsp3) is 0.400. The number of pyridine rings is 1. The summed E-state index contributed by atoms with van der Waals surface area (Å²) in [5, 5.41) is 6.34. The highest BCUT2D eigenvalue weighted by Gasteiger charge is 2.14. The summed E-state index contributed by atoms with van der Waals surface area (Å²) >= 11 is 1.63. The second kappa shape index (κ2) is 7.17. The molecule has 1 N–H and O–H groups in total. The third-order valence-corrected chi connectivity index (χ3v) is 4.11. The normalized spacial score (nSPS) is 10.4. The molecular weight excluding hydrogens is 284 g/mol. The molecule has 0 atom stereocenters. The van der Waals surface area contributed by atoms with Crippen molar-refractivity contribution in [3.63, 3.8) is 0 Å². The van der Waals surface area contributed by atoms with Crippen molar-refractivity contribution in [2.24, 2.45) is 0 Å². The van der Waals surface area contributed by atoms with Gasteiger partial charge in [-0.3, -0.25) is 9.78 Å². The van der Waals surface area contributed by atoms with Crippen LogP contribution in [0.15, 0.2) is 23.7 Å². The maximum Gasteiger partial charge on any atom is 0.272 e. The first-order valence-corrected chi connectivity index (χ1v) is 7.92. The van der Waals surface area contributed by atoms with E-state index in [0.717, 1.165) is 16.4 Å². The highest BCUT2D eigenvalue weighted by molar-refractivity contribution is 7.09. The van der Waals surface area contributed by atoms with Gasteiger partial charge in [-0.25, -0.2) is 4.98 Å². The molecule has 0 saturated carbocycles. The Kier molecular flexibility index (Phi) is 5.27. The van der Waals surface area contributed by atoms with Crippen LogP contribution in [0.2, 0.25) is 0 Å². The maximum atomic E-state index is 12.3. The standard InChI is InChI=1S/C15H20N4OS/c1-4-19(5-2)15(20)13-8-12(6-7-16-13)17-9-14-18-11(3)10-21-14/h6-8,10H,4-5,9H2,1-3H3,(H,16,17). The zero-order valence-corrected chi connectivity index (χ0v) is 13.4. The number of rotatable bonds is 6. The first-order chi connectivity index (χ1) is 10.1. The monoisotopic (exact) mass is 304 g/mol. The lowest BCUT2D eigenvalue weighted by atomic mass is 10.2. The lowest BCUT2D eigenvalue weighted by Gasteiger charge is -2.18. The van der Waals surface area contributed by atoms with Crippen molar-refractivity contribution < 1.29 is 4.79 Å². The minimum atomic E-state index is -0.0336. The van der Waals surface area contributed by atoms with Gasteiger partial charge in [0.1, 0.15) is 10.7 Å². The van der Waals surface area contributed by atoms with E-state index in [0.29, 0.717) is 25.3 Å². The predicted octanol–water partition coefficient (Wildman–Crippen LogP) is 2.94. The first-order valence-electron chi connectivity index (χ1n) is 7.04. The van der Waals surface area contributed by atoms with E-state index in [2.05, 4.69) is 15.3 Å². The number of thiazole rings is 1. The molecule has 0 aliphatic carbocycles. The number of hydrogen-bond acceptors (Lipinski definition) is 5. The molecule has 0 bridgehead atoms. The Morgan fingerprint density at radius 3 is 2.76 bits per heavy atom. The number of anilines is 1. The lowest BCUT2D eigenvalue weighted by Crippen LogP contribution is -2.31. The number of carbonyl (C=O) groups is 1. The fourth-order valence-corrected chi connectivity index (χ4v) is 2.70. The Bertz CT molecular complexity index is 607. The molecule has 0 fully saturated rings. The number of carbonyl (C=O) groups excluding carboxylic acids is 1. The molecule has 21 heavy (non-hydrogen) atoms. The van der Waals surface area contributed by atoms with Crippen LogP contribution >= 0.6 is 11.3 Å². The molecule has 2 aromatic heterocycles. The summed E-state index contributed by atoms with van der Waals surface area (Å²) in [6.07, 6.45) is 1.66. The van der Waals surface area contributed by atoms with Crippen LogP contribution in [0.1, 0.15) is 35.0 Å². The Labute approximate surface area is 129 Å². The molecule has 0 radical (unpaired) electrons. The lowest BCUT2D eigenvalue weighted by molar-refractivity contribution is 0.0767. The Hall–Kier alpha value is -1.95. The number of amides is 1. The zero-order valence-electron chi connectivity index (χ0n) is 12.6. The van der Waals surface area contributed by atoms with Crippen molar-refractivity contribution in [2.75, 3.05) is 18.4 Å². The van der Waals surface area contributed by atoms with Gasteiger partial charge in [-0.15, -0.1) is 11.3 Å². The molecule has 0 spiro atoms. The van der Waals surface area contributed by atoms with Crippen LogP contribution in [0.5, 0.6) is 0 Å². The highest BCUT2D eigenvalue weighted by atomic mass is 32.1. The van der Waals surface area contributed by atoms with Crippen LogP contribution in [0.25, 0.3) is 0 Å². The Morgan fingerprint density at radius 2 is 2.14 bits per heavy atom. The van der Waals surface area contributed by atoms with Crippen LogP contribution < -0.4 is 5.32 Å². The smallest absolute Gasteiger partial charge is 0.272 e. The predicted molar refractivity (Wildman–Crippen MR) is 85.7 cm³/mol. The van der Waals surface area contributed by atoms with Crippen molar-refractivity contribution >= 4 is 22.9 Å². The number of hydrogen-bond donors (Lipinski definition) is 1. The van der Waals surface area contributed by atoms with Gasteiger partial charge in [0.15, 0.2) is 0 Å². The Balaban J connectivity index is 2.05. The summed E-state index contributed by atoms with van der Waals surface area (Å²) in [4.78, 5) is 22.6. The van der Waals surface area contributed by atoms with E-state index in [-0.39, 0.29) is 5.91 Å². The molecule has 0 aromatic carbocycles. The number of aromatic nitrogens is 2. The zero-order chi connectivity index (χ0) is 15.2. The van der Waals surface area contributed by atoms with E-state index < -0.39 is 0 Å². The third-order valence-electron chi connectivity index (χ3n) is 3.14. The summed E-state index contributed by atoms with van der Waals surface area (Å²) in [5.41, 5.74) is 2.39. The molecule has 112 valence electrons. The molecule has 0 aliphatic heterocycles. The topological polar surface area (TPSA) is 58.1 Å². The van der Waals surface area contributed by atoms with Gasteiger partial charge in [0.25, 0.3) is 5.91 Å². The van der Waals surface area contributed by atoms with Crippen molar-refractivity contribution in [3.05, 3.63) is 40.1 Å². The molecule has 2 rings (SSSR count). The minimum absolute atomic E-state index is 0.0336. The van der Waals surface area contributed by atoms with E-state index in [1.54, 1.807) is 28.5 Å². The van der Waals surface area contributed by atoms with Gasteiger partial charge in [-0.2, -0.15) is 0 Å². The summed E-state index contributed by atoms with van der Waals surface area (Å²) in [6, 6.07) is 3.65. The second-order valence-electron chi connectivity index (χ2n) is 4.64. The van der Waals surface area contributed by atoms with E-state index in [1.165, 1.54) is 0 Å². The average molecular weight is 304 g/mol. The van der Waals surface area contributed by atoms with Gasteiger partial charge in [0.05, 0.1) is 6.54 Å². The molecule has 0 aliphatic rings. The van der Waals surface area contributed by atoms with Gasteiger partial charge in [0.2, 0.25) is 0 Å². The van der Waals surface area contributed by atoms with Crippen molar-refractivity contribution in [1.29, 1.82) is 0 Å². The van der Waals surface area contributed by atoms with Crippen molar-refractivity contribution in [3.8, 4) is 0 Å². The van der Waals surface area contributed by atoms with Crippen LogP contribution in [-0.4, -0.2) is 33.9 Å². The number of aryl methyl sites for hydroxylation is 1. The molecule has 0 unspecified atom stereocenters. The molecule has 2 aromatic rings. The molecule has 0 saturated heterocycles. The third kappa shape index (κ3) is 4.01. The van der Waals surface area contributed by atoms with E-state index in [1.807, 2.05) is 32.2 Å². The largest absolute Gasteiger partial charge is 0.378 e. The SMILES string of the molecule is CCN(CC)C(=O)c1cc(NCc2nc(C)cs2)ccn1. The summed E-state index contributed by atoms with van der Waals surface area (Å²) in [6.45, 7) is 7.94.